The van der Waals surface area contributed by atoms with Gasteiger partial charge in [-0.25, -0.2) is 4.79 Å². The number of nitrogens with two attached hydrogens (primary N) is 1. The maximum Gasteiger partial charge on any atom is 0.344 e. The van der Waals surface area contributed by atoms with Crippen molar-refractivity contribution >= 4 is 29.2 Å². The van der Waals surface area contributed by atoms with Gasteiger partial charge in [-0.05, 0) is 37.1 Å². The molecule has 0 bridgehead atoms. The number of rotatable bonds is 8. The molecule has 1 aromatic carbocycles. The van der Waals surface area contributed by atoms with E-state index in [-0.39, 0.29) is 6.61 Å². The SMILES string of the molecule is CCCCOC(=O)COc1c(Cl)cc(Cl)cc1CCN. The zero-order chi connectivity index (χ0) is 15.0. The summed E-state index contributed by atoms with van der Waals surface area (Å²) < 4.78 is 10.5. The molecule has 0 aliphatic heterocycles. The molecule has 0 saturated heterocycles. The molecule has 112 valence electrons. The van der Waals surface area contributed by atoms with E-state index in [0.717, 1.165) is 18.4 Å². The molecule has 2 N–H and O–H groups in total. The first-order valence-electron chi connectivity index (χ1n) is 6.54. The molecule has 4 nitrogen and oxygen atoms in total. The molecule has 0 amide bonds. The van der Waals surface area contributed by atoms with Gasteiger partial charge in [0.25, 0.3) is 0 Å². The van der Waals surface area contributed by atoms with Crippen LogP contribution in [-0.2, 0) is 16.0 Å². The lowest BCUT2D eigenvalue weighted by Crippen LogP contribution is -2.16. The van der Waals surface area contributed by atoms with E-state index in [2.05, 4.69) is 0 Å². The second kappa shape index (κ2) is 9.06. The number of ether oxygens (including phenoxy) is 2. The van der Waals surface area contributed by atoms with E-state index >= 15 is 0 Å². The van der Waals surface area contributed by atoms with E-state index in [1.165, 1.54) is 0 Å². The lowest BCUT2D eigenvalue weighted by Gasteiger charge is -2.13. The van der Waals surface area contributed by atoms with Crippen molar-refractivity contribution in [2.24, 2.45) is 5.73 Å². The highest BCUT2D eigenvalue weighted by atomic mass is 35.5. The molecule has 0 aliphatic rings. The molecule has 0 aromatic heterocycles. The van der Waals surface area contributed by atoms with Gasteiger partial charge in [0.1, 0.15) is 5.75 Å². The van der Waals surface area contributed by atoms with Crippen LogP contribution in [-0.4, -0.2) is 25.7 Å². The lowest BCUT2D eigenvalue weighted by atomic mass is 10.1. The van der Waals surface area contributed by atoms with Crippen LogP contribution in [0, 0.1) is 0 Å². The van der Waals surface area contributed by atoms with E-state index in [1.807, 2.05) is 6.92 Å². The highest BCUT2D eigenvalue weighted by Crippen LogP contribution is 2.32. The van der Waals surface area contributed by atoms with Gasteiger partial charge in [-0.3, -0.25) is 0 Å². The van der Waals surface area contributed by atoms with Crippen LogP contribution in [0.4, 0.5) is 0 Å². The summed E-state index contributed by atoms with van der Waals surface area (Å²) in [4.78, 5) is 11.5. The van der Waals surface area contributed by atoms with Crippen molar-refractivity contribution in [1.82, 2.24) is 0 Å². The Labute approximate surface area is 129 Å². The molecule has 0 atom stereocenters. The predicted molar refractivity (Wildman–Crippen MR) is 80.6 cm³/mol. The van der Waals surface area contributed by atoms with Gasteiger partial charge in [0.05, 0.1) is 11.6 Å². The van der Waals surface area contributed by atoms with E-state index in [9.17, 15) is 4.79 Å². The Morgan fingerprint density at radius 2 is 2.10 bits per heavy atom. The Kier molecular flexibility index (Phi) is 7.73. The summed E-state index contributed by atoms with van der Waals surface area (Å²) in [5.41, 5.74) is 6.32. The molecular formula is C14H19Cl2NO3. The van der Waals surface area contributed by atoms with Crippen molar-refractivity contribution in [2.45, 2.75) is 26.2 Å². The summed E-state index contributed by atoms with van der Waals surface area (Å²) in [6, 6.07) is 3.30. The second-order valence-electron chi connectivity index (χ2n) is 4.28. The Morgan fingerprint density at radius 1 is 1.35 bits per heavy atom. The Balaban J connectivity index is 2.64. The van der Waals surface area contributed by atoms with Gasteiger partial charge in [0, 0.05) is 5.02 Å². The Hall–Kier alpha value is -0.970. The van der Waals surface area contributed by atoms with Gasteiger partial charge in [0.2, 0.25) is 0 Å². The van der Waals surface area contributed by atoms with Gasteiger partial charge >= 0.3 is 5.97 Å². The number of carbonyl (C=O) groups is 1. The third-order valence-corrected chi connectivity index (χ3v) is 3.09. The second-order valence-corrected chi connectivity index (χ2v) is 5.12. The van der Waals surface area contributed by atoms with Gasteiger partial charge in [-0.2, -0.15) is 0 Å². The lowest BCUT2D eigenvalue weighted by molar-refractivity contribution is -0.146. The molecule has 0 saturated carbocycles. The summed E-state index contributed by atoms with van der Waals surface area (Å²) in [7, 11) is 0. The predicted octanol–water partition coefficient (Wildman–Crippen LogP) is 3.22. The zero-order valence-electron chi connectivity index (χ0n) is 11.5. The third-order valence-electron chi connectivity index (χ3n) is 2.59. The summed E-state index contributed by atoms with van der Waals surface area (Å²) >= 11 is 12.0. The fraction of sp³-hybridized carbons (Fsp3) is 0.500. The number of hydrogen-bond acceptors (Lipinski definition) is 4. The van der Waals surface area contributed by atoms with Crippen LogP contribution < -0.4 is 10.5 Å². The molecule has 0 fully saturated rings. The molecule has 0 spiro atoms. The van der Waals surface area contributed by atoms with Crippen molar-refractivity contribution in [3.05, 3.63) is 27.7 Å². The first kappa shape index (κ1) is 17.1. The van der Waals surface area contributed by atoms with Crippen LogP contribution in [0.3, 0.4) is 0 Å². The normalized spacial score (nSPS) is 10.4. The summed E-state index contributed by atoms with van der Waals surface area (Å²) in [5, 5.41) is 0.874. The van der Waals surface area contributed by atoms with E-state index in [0.29, 0.717) is 35.4 Å². The number of benzene rings is 1. The van der Waals surface area contributed by atoms with Crippen molar-refractivity contribution in [3.8, 4) is 5.75 Å². The fourth-order valence-electron chi connectivity index (χ4n) is 1.62. The van der Waals surface area contributed by atoms with Crippen LogP contribution in [0.15, 0.2) is 12.1 Å². The van der Waals surface area contributed by atoms with Gasteiger partial charge in [-0.15, -0.1) is 0 Å². The monoisotopic (exact) mass is 319 g/mol. The number of esters is 1. The van der Waals surface area contributed by atoms with Crippen molar-refractivity contribution in [1.29, 1.82) is 0 Å². The molecule has 1 aromatic rings. The molecule has 1 rings (SSSR count). The summed E-state index contributed by atoms with van der Waals surface area (Å²) in [6.45, 7) is 2.69. The molecule has 0 radical (unpaired) electrons. The molecule has 6 heteroatoms. The van der Waals surface area contributed by atoms with E-state index < -0.39 is 5.97 Å². The molecular weight excluding hydrogens is 301 g/mol. The average molecular weight is 320 g/mol. The van der Waals surface area contributed by atoms with Crippen LogP contribution in [0.2, 0.25) is 10.0 Å². The standard InChI is InChI=1S/C14H19Cl2NO3/c1-2-3-6-19-13(18)9-20-14-10(4-5-17)7-11(15)8-12(14)16/h7-8H,2-6,9,17H2,1H3. The van der Waals surface area contributed by atoms with Crippen molar-refractivity contribution < 1.29 is 14.3 Å². The zero-order valence-corrected chi connectivity index (χ0v) is 13.0. The average Bonchev–Trinajstić information content (AvgIpc) is 2.38. The Morgan fingerprint density at radius 3 is 2.75 bits per heavy atom. The fourth-order valence-corrected chi connectivity index (χ4v) is 2.21. The smallest absolute Gasteiger partial charge is 0.344 e. The highest BCUT2D eigenvalue weighted by molar-refractivity contribution is 6.35. The van der Waals surface area contributed by atoms with Crippen LogP contribution in [0.1, 0.15) is 25.3 Å². The third kappa shape index (κ3) is 5.57. The number of unbranched alkanes of at least 4 members (excludes halogenated alkanes) is 1. The van der Waals surface area contributed by atoms with Crippen LogP contribution >= 0.6 is 23.2 Å². The minimum atomic E-state index is -0.414. The van der Waals surface area contributed by atoms with Gasteiger partial charge in [0.15, 0.2) is 6.61 Å². The number of carbonyl (C=O) groups excluding carboxylic acids is 1. The number of halogens is 2. The van der Waals surface area contributed by atoms with Crippen molar-refractivity contribution in [3.63, 3.8) is 0 Å². The number of hydrogen-bond donors (Lipinski definition) is 1. The van der Waals surface area contributed by atoms with Crippen LogP contribution in [0.5, 0.6) is 5.75 Å². The maximum absolute atomic E-state index is 11.5. The first-order chi connectivity index (χ1) is 9.58. The molecule has 0 unspecified atom stereocenters. The molecule has 0 aliphatic carbocycles. The first-order valence-corrected chi connectivity index (χ1v) is 7.30. The largest absolute Gasteiger partial charge is 0.480 e. The van der Waals surface area contributed by atoms with Gasteiger partial charge < -0.3 is 15.2 Å². The summed E-state index contributed by atoms with van der Waals surface area (Å²) in [6.07, 6.45) is 2.38. The maximum atomic E-state index is 11.5. The molecule has 0 heterocycles. The van der Waals surface area contributed by atoms with E-state index in [4.69, 9.17) is 38.4 Å². The minimum absolute atomic E-state index is 0.178. The van der Waals surface area contributed by atoms with Crippen molar-refractivity contribution in [2.75, 3.05) is 19.8 Å². The topological polar surface area (TPSA) is 61.5 Å². The summed E-state index contributed by atoms with van der Waals surface area (Å²) in [5.74, 6) is 0.0251. The quantitative estimate of drug-likeness (QED) is 0.590. The molecule has 20 heavy (non-hydrogen) atoms. The minimum Gasteiger partial charge on any atom is -0.480 e. The Bertz CT molecular complexity index is 452. The van der Waals surface area contributed by atoms with E-state index in [1.54, 1.807) is 12.1 Å². The van der Waals surface area contributed by atoms with Gasteiger partial charge in [-0.1, -0.05) is 36.5 Å². The van der Waals surface area contributed by atoms with Crippen LogP contribution in [0.25, 0.3) is 0 Å². The highest BCUT2D eigenvalue weighted by Gasteiger charge is 2.12.